The van der Waals surface area contributed by atoms with E-state index in [0.717, 1.165) is 23.8 Å². The second-order valence-corrected chi connectivity index (χ2v) is 12.8. The van der Waals surface area contributed by atoms with Gasteiger partial charge in [0.2, 0.25) is 5.88 Å². The highest BCUT2D eigenvalue weighted by atomic mass is 28.3. The number of nitrogen functional groups attached to an aromatic ring is 1. The van der Waals surface area contributed by atoms with Crippen LogP contribution in [0.25, 0.3) is 11.2 Å². The van der Waals surface area contributed by atoms with E-state index in [1.165, 1.54) is 0 Å². The third-order valence-electron chi connectivity index (χ3n) is 3.75. The summed E-state index contributed by atoms with van der Waals surface area (Å²) in [5, 5.41) is 0. The zero-order chi connectivity index (χ0) is 17.9. The number of fused-ring (bicyclic) bond motifs is 1. The van der Waals surface area contributed by atoms with E-state index < -0.39 is 8.07 Å². The van der Waals surface area contributed by atoms with Crippen LogP contribution in [0.2, 0.25) is 25.7 Å². The molecular weight excluding hydrogens is 332 g/mol. The molecule has 0 unspecified atom stereocenters. The number of benzene rings is 1. The number of nitrogens with two attached hydrogens (primary N) is 1. The van der Waals surface area contributed by atoms with Crippen molar-refractivity contribution >= 4 is 24.9 Å². The Morgan fingerprint density at radius 2 is 2.04 bits per heavy atom. The Morgan fingerprint density at radius 1 is 1.20 bits per heavy atom. The van der Waals surface area contributed by atoms with Crippen molar-refractivity contribution in [3.63, 3.8) is 0 Å². The summed E-state index contributed by atoms with van der Waals surface area (Å²) in [6, 6.07) is 10.3. The monoisotopic (exact) mass is 356 g/mol. The van der Waals surface area contributed by atoms with Gasteiger partial charge in [-0.25, -0.2) is 9.97 Å². The highest BCUT2D eigenvalue weighted by Gasteiger charge is 2.12. The van der Waals surface area contributed by atoms with Crippen LogP contribution in [0.1, 0.15) is 0 Å². The standard InChI is InChI=1S/C18H24N4O2Si/c1-25(2,3)10-9-23-13-22-8-7-16-18(22)20-12-17(21-16)24-15-6-4-5-14(19)11-15/h4-8,11-12H,9-10,13,19H2,1-3H3. The van der Waals surface area contributed by atoms with Gasteiger partial charge in [-0.2, -0.15) is 0 Å². The van der Waals surface area contributed by atoms with Crippen molar-refractivity contribution in [2.24, 2.45) is 0 Å². The van der Waals surface area contributed by atoms with E-state index in [1.54, 1.807) is 12.3 Å². The number of aromatic nitrogens is 3. The number of ether oxygens (including phenoxy) is 2. The van der Waals surface area contributed by atoms with E-state index in [9.17, 15) is 0 Å². The van der Waals surface area contributed by atoms with Gasteiger partial charge in [0, 0.05) is 32.6 Å². The van der Waals surface area contributed by atoms with Gasteiger partial charge in [-0.15, -0.1) is 0 Å². The zero-order valence-corrected chi connectivity index (χ0v) is 15.9. The molecule has 25 heavy (non-hydrogen) atoms. The maximum atomic E-state index is 5.79. The van der Waals surface area contributed by atoms with E-state index in [1.807, 2.05) is 35.0 Å². The van der Waals surface area contributed by atoms with Gasteiger partial charge in [0.05, 0.1) is 6.20 Å². The van der Waals surface area contributed by atoms with Crippen LogP contribution in [0, 0.1) is 0 Å². The molecule has 1 aromatic carbocycles. The van der Waals surface area contributed by atoms with Crippen molar-refractivity contribution < 1.29 is 9.47 Å². The van der Waals surface area contributed by atoms with Gasteiger partial charge >= 0.3 is 0 Å². The summed E-state index contributed by atoms with van der Waals surface area (Å²) in [6.45, 7) is 8.29. The van der Waals surface area contributed by atoms with Crippen LogP contribution in [0.15, 0.2) is 42.7 Å². The third-order valence-corrected chi connectivity index (χ3v) is 5.45. The summed E-state index contributed by atoms with van der Waals surface area (Å²) in [5.74, 6) is 1.08. The van der Waals surface area contributed by atoms with Crippen molar-refractivity contribution in [3.05, 3.63) is 42.7 Å². The Hall–Kier alpha value is -2.38. The highest BCUT2D eigenvalue weighted by molar-refractivity contribution is 6.76. The summed E-state index contributed by atoms with van der Waals surface area (Å²) in [4.78, 5) is 8.95. The molecule has 132 valence electrons. The van der Waals surface area contributed by atoms with Gasteiger partial charge in [0.1, 0.15) is 18.0 Å². The number of rotatable bonds is 7. The minimum Gasteiger partial charge on any atom is -0.437 e. The van der Waals surface area contributed by atoms with Gasteiger partial charge < -0.3 is 19.8 Å². The van der Waals surface area contributed by atoms with Crippen LogP contribution in [0.5, 0.6) is 11.6 Å². The van der Waals surface area contributed by atoms with Crippen molar-refractivity contribution in [3.8, 4) is 11.6 Å². The van der Waals surface area contributed by atoms with E-state index >= 15 is 0 Å². The van der Waals surface area contributed by atoms with Crippen molar-refractivity contribution in [1.29, 1.82) is 0 Å². The van der Waals surface area contributed by atoms with E-state index in [0.29, 0.717) is 24.0 Å². The number of anilines is 1. The minimum absolute atomic E-state index is 0.440. The summed E-state index contributed by atoms with van der Waals surface area (Å²) >= 11 is 0. The molecule has 0 amide bonds. The molecule has 0 radical (unpaired) electrons. The van der Waals surface area contributed by atoms with Crippen LogP contribution in [-0.4, -0.2) is 29.2 Å². The van der Waals surface area contributed by atoms with Crippen LogP contribution < -0.4 is 10.5 Å². The van der Waals surface area contributed by atoms with Crippen LogP contribution in [0.3, 0.4) is 0 Å². The quantitative estimate of drug-likeness (QED) is 0.391. The molecule has 0 fully saturated rings. The third kappa shape index (κ3) is 4.80. The first-order valence-corrected chi connectivity index (χ1v) is 12.0. The fourth-order valence-electron chi connectivity index (χ4n) is 2.34. The fourth-order valence-corrected chi connectivity index (χ4v) is 3.09. The SMILES string of the molecule is C[Si](C)(C)CCOCn1ccc2nc(Oc3cccc(N)c3)cnc21. The molecule has 3 rings (SSSR count). The van der Waals surface area contributed by atoms with Crippen molar-refractivity contribution in [2.75, 3.05) is 12.3 Å². The normalized spacial score (nSPS) is 11.8. The second-order valence-electron chi connectivity index (χ2n) is 7.23. The molecule has 0 aliphatic heterocycles. The second kappa shape index (κ2) is 7.24. The molecule has 0 spiro atoms. The average Bonchev–Trinajstić information content (AvgIpc) is 2.93. The lowest BCUT2D eigenvalue weighted by molar-refractivity contribution is 0.0898. The molecule has 0 saturated carbocycles. The molecule has 0 aliphatic rings. The van der Waals surface area contributed by atoms with Crippen molar-refractivity contribution in [1.82, 2.24) is 14.5 Å². The topological polar surface area (TPSA) is 75.2 Å². The average molecular weight is 357 g/mol. The molecule has 2 heterocycles. The van der Waals surface area contributed by atoms with E-state index in [4.69, 9.17) is 15.2 Å². The Balaban J connectivity index is 1.66. The first kappa shape index (κ1) is 17.4. The molecule has 2 aromatic heterocycles. The molecule has 0 atom stereocenters. The Morgan fingerprint density at radius 3 is 2.80 bits per heavy atom. The number of hydrogen-bond donors (Lipinski definition) is 1. The molecule has 0 aliphatic carbocycles. The Kier molecular flexibility index (Phi) is 5.05. The van der Waals surface area contributed by atoms with Gasteiger partial charge in [0.25, 0.3) is 0 Å². The smallest absolute Gasteiger partial charge is 0.238 e. The van der Waals surface area contributed by atoms with Crippen LogP contribution >= 0.6 is 0 Å². The Bertz CT molecular complexity index is 858. The first-order valence-electron chi connectivity index (χ1n) is 8.34. The molecule has 2 N–H and O–H groups in total. The molecule has 6 nitrogen and oxygen atoms in total. The first-order chi connectivity index (χ1) is 11.9. The lowest BCUT2D eigenvalue weighted by Gasteiger charge is -2.15. The lowest BCUT2D eigenvalue weighted by atomic mass is 10.3. The summed E-state index contributed by atoms with van der Waals surface area (Å²) in [5.41, 5.74) is 7.96. The molecular formula is C18H24N4O2Si. The fraction of sp³-hybridized carbons (Fsp3) is 0.333. The van der Waals surface area contributed by atoms with Gasteiger partial charge in [-0.05, 0) is 24.2 Å². The molecule has 7 heteroatoms. The summed E-state index contributed by atoms with van der Waals surface area (Å²) < 4.78 is 13.5. The van der Waals surface area contributed by atoms with Gasteiger partial charge in [-0.3, -0.25) is 0 Å². The molecule has 3 aromatic rings. The van der Waals surface area contributed by atoms with Crippen LogP contribution in [-0.2, 0) is 11.5 Å². The lowest BCUT2D eigenvalue weighted by Crippen LogP contribution is -2.22. The maximum Gasteiger partial charge on any atom is 0.238 e. The van der Waals surface area contributed by atoms with Gasteiger partial charge in [0.15, 0.2) is 5.65 Å². The van der Waals surface area contributed by atoms with E-state index in [-0.39, 0.29) is 0 Å². The Labute approximate surface area is 148 Å². The highest BCUT2D eigenvalue weighted by Crippen LogP contribution is 2.23. The maximum absolute atomic E-state index is 5.79. The summed E-state index contributed by atoms with van der Waals surface area (Å²) in [7, 11) is -1.07. The minimum atomic E-state index is -1.07. The largest absolute Gasteiger partial charge is 0.437 e. The number of hydrogen-bond acceptors (Lipinski definition) is 5. The summed E-state index contributed by atoms with van der Waals surface area (Å²) in [6.07, 6.45) is 3.55. The molecule has 0 bridgehead atoms. The predicted molar refractivity (Wildman–Crippen MR) is 103 cm³/mol. The zero-order valence-electron chi connectivity index (χ0n) is 14.9. The van der Waals surface area contributed by atoms with Crippen LogP contribution in [0.4, 0.5) is 5.69 Å². The predicted octanol–water partition coefficient (Wildman–Crippen LogP) is 4.12. The van der Waals surface area contributed by atoms with E-state index in [2.05, 4.69) is 29.6 Å². The molecule has 0 saturated heterocycles. The van der Waals surface area contributed by atoms with Crippen molar-refractivity contribution in [2.45, 2.75) is 32.4 Å². The van der Waals surface area contributed by atoms with Gasteiger partial charge in [-0.1, -0.05) is 25.7 Å². The number of nitrogens with zero attached hydrogens (tertiary/aromatic N) is 3.